The van der Waals surface area contributed by atoms with Gasteiger partial charge in [0.25, 0.3) is 5.56 Å². The van der Waals surface area contributed by atoms with Crippen LogP contribution in [0.1, 0.15) is 31.9 Å². The number of thioether (sulfide) groups is 1. The van der Waals surface area contributed by atoms with Gasteiger partial charge in [-0.15, -0.1) is 0 Å². The van der Waals surface area contributed by atoms with Gasteiger partial charge in [0.2, 0.25) is 5.91 Å². The maximum absolute atomic E-state index is 13.4. The van der Waals surface area contributed by atoms with E-state index in [4.69, 9.17) is 0 Å². The number of carbonyl (C=O) groups is 1. The summed E-state index contributed by atoms with van der Waals surface area (Å²) in [6.07, 6.45) is 0. The largest absolute Gasteiger partial charge is 0.337 e. The number of nitrogens with one attached hydrogen (secondary N) is 1. The molecule has 31 heavy (non-hydrogen) atoms. The number of aryl methyl sites for hydroxylation is 2. The van der Waals surface area contributed by atoms with Gasteiger partial charge in [-0.1, -0.05) is 55.4 Å². The van der Waals surface area contributed by atoms with E-state index in [0.717, 1.165) is 16.8 Å². The number of aromatic nitrogens is 2. The predicted octanol–water partition coefficient (Wildman–Crippen LogP) is 4.15. The average molecular weight is 435 g/mol. The van der Waals surface area contributed by atoms with Crippen LogP contribution in [0.2, 0.25) is 0 Å². The molecule has 0 aliphatic heterocycles. The van der Waals surface area contributed by atoms with Crippen molar-refractivity contribution in [3.63, 3.8) is 0 Å². The lowest BCUT2D eigenvalue weighted by Crippen LogP contribution is -2.49. The number of hydrogen-bond donors (Lipinski definition) is 1. The quantitative estimate of drug-likeness (QED) is 0.465. The van der Waals surface area contributed by atoms with Crippen LogP contribution in [-0.4, -0.2) is 26.8 Å². The van der Waals surface area contributed by atoms with E-state index in [1.54, 1.807) is 23.6 Å². The smallest absolute Gasteiger partial charge is 0.266 e. The highest BCUT2D eigenvalue weighted by atomic mass is 32.2. The summed E-state index contributed by atoms with van der Waals surface area (Å²) >= 11 is 1.19. The second-order valence-electron chi connectivity index (χ2n) is 8.15. The first-order chi connectivity index (χ1) is 14.7. The van der Waals surface area contributed by atoms with Crippen LogP contribution in [0.3, 0.4) is 0 Å². The summed E-state index contributed by atoms with van der Waals surface area (Å²) in [5, 5.41) is 13.2. The zero-order chi connectivity index (χ0) is 22.8. The van der Waals surface area contributed by atoms with Crippen molar-refractivity contribution in [1.82, 2.24) is 14.9 Å². The molecule has 6 nitrogen and oxygen atoms in total. The molecule has 7 heteroatoms. The van der Waals surface area contributed by atoms with Crippen molar-refractivity contribution in [2.24, 2.45) is 5.92 Å². The first kappa shape index (κ1) is 22.6. The van der Waals surface area contributed by atoms with Gasteiger partial charge in [-0.2, -0.15) is 5.26 Å². The van der Waals surface area contributed by atoms with E-state index in [2.05, 4.69) is 16.4 Å². The molecular formula is C24H26N4O2S. The van der Waals surface area contributed by atoms with Gasteiger partial charge in [-0.05, 0) is 50.5 Å². The number of para-hydroxylation sites is 1. The van der Waals surface area contributed by atoms with Gasteiger partial charge < -0.3 is 5.32 Å². The molecule has 3 aromatic rings. The topological polar surface area (TPSA) is 87.8 Å². The summed E-state index contributed by atoms with van der Waals surface area (Å²) in [6.45, 7) is 9.43. The lowest BCUT2D eigenvalue weighted by atomic mass is 9.90. The van der Waals surface area contributed by atoms with Gasteiger partial charge in [0.15, 0.2) is 5.16 Å². The number of benzene rings is 2. The Kier molecular flexibility index (Phi) is 6.51. The zero-order valence-electron chi connectivity index (χ0n) is 18.4. The summed E-state index contributed by atoms with van der Waals surface area (Å²) in [5.41, 5.74) is 2.23. The van der Waals surface area contributed by atoms with E-state index in [0.29, 0.717) is 16.1 Å². The Hall–Kier alpha value is -3.11. The molecule has 1 aromatic heterocycles. The molecule has 1 amide bonds. The van der Waals surface area contributed by atoms with Crippen molar-refractivity contribution < 1.29 is 4.79 Å². The Labute approximate surface area is 186 Å². The summed E-state index contributed by atoms with van der Waals surface area (Å²) in [6, 6.07) is 15.2. The lowest BCUT2D eigenvalue weighted by Gasteiger charge is -2.27. The van der Waals surface area contributed by atoms with Crippen molar-refractivity contribution in [2.75, 3.05) is 5.75 Å². The van der Waals surface area contributed by atoms with Crippen molar-refractivity contribution in [3.05, 3.63) is 63.9 Å². The molecule has 0 aliphatic rings. The van der Waals surface area contributed by atoms with Gasteiger partial charge in [0.05, 0.1) is 28.4 Å². The van der Waals surface area contributed by atoms with E-state index in [9.17, 15) is 14.9 Å². The van der Waals surface area contributed by atoms with Crippen LogP contribution in [0.25, 0.3) is 16.6 Å². The average Bonchev–Trinajstić information content (AvgIpc) is 2.73. The number of nitrogens with zero attached hydrogens (tertiary/aromatic N) is 3. The first-order valence-electron chi connectivity index (χ1n) is 10.1. The second kappa shape index (κ2) is 8.94. The fourth-order valence-electron chi connectivity index (χ4n) is 3.24. The molecule has 0 saturated heterocycles. The van der Waals surface area contributed by atoms with Crippen LogP contribution in [0.5, 0.6) is 0 Å². The number of amides is 1. The highest BCUT2D eigenvalue weighted by Crippen LogP contribution is 2.24. The summed E-state index contributed by atoms with van der Waals surface area (Å²) in [4.78, 5) is 30.6. The molecule has 1 heterocycles. The highest BCUT2D eigenvalue weighted by Gasteiger charge is 2.30. The molecule has 1 unspecified atom stereocenters. The molecule has 0 saturated carbocycles. The normalized spacial score (nSPS) is 13.1. The monoisotopic (exact) mass is 434 g/mol. The minimum Gasteiger partial charge on any atom is -0.337 e. The Morgan fingerprint density at radius 3 is 2.61 bits per heavy atom. The van der Waals surface area contributed by atoms with Crippen LogP contribution >= 0.6 is 11.8 Å². The van der Waals surface area contributed by atoms with Crippen molar-refractivity contribution in [2.45, 2.75) is 45.3 Å². The van der Waals surface area contributed by atoms with Crippen LogP contribution < -0.4 is 10.9 Å². The zero-order valence-corrected chi connectivity index (χ0v) is 19.2. The van der Waals surface area contributed by atoms with Gasteiger partial charge >= 0.3 is 0 Å². The fraction of sp³-hybridized carbons (Fsp3) is 0.333. The molecule has 0 aliphatic carbocycles. The number of carbonyl (C=O) groups excluding carboxylic acids is 1. The third-order valence-electron chi connectivity index (χ3n) is 5.46. The molecule has 3 rings (SSSR count). The Morgan fingerprint density at radius 1 is 1.26 bits per heavy atom. The van der Waals surface area contributed by atoms with Crippen molar-refractivity contribution >= 4 is 28.6 Å². The number of rotatable bonds is 6. The Bertz CT molecular complexity index is 1240. The molecule has 0 bridgehead atoms. The van der Waals surface area contributed by atoms with Gasteiger partial charge in [-0.25, -0.2) is 4.98 Å². The van der Waals surface area contributed by atoms with Gasteiger partial charge in [0, 0.05) is 0 Å². The lowest BCUT2D eigenvalue weighted by molar-refractivity contribution is -0.120. The molecule has 2 aromatic carbocycles. The molecule has 1 atom stereocenters. The second-order valence-corrected chi connectivity index (χ2v) is 9.09. The maximum Gasteiger partial charge on any atom is 0.266 e. The minimum absolute atomic E-state index is 0.0413. The highest BCUT2D eigenvalue weighted by molar-refractivity contribution is 7.99. The fourth-order valence-corrected chi connectivity index (χ4v) is 4.04. The third kappa shape index (κ3) is 4.64. The molecule has 1 N–H and O–H groups in total. The van der Waals surface area contributed by atoms with Gasteiger partial charge in [-0.3, -0.25) is 14.2 Å². The number of hydrogen-bond acceptors (Lipinski definition) is 5. The molecule has 0 spiro atoms. The SMILES string of the molecule is Cc1ccc(-n2c(SCC(=O)NC(C)(C#N)C(C)C)nc3ccccc3c2=O)c(C)c1. The summed E-state index contributed by atoms with van der Waals surface area (Å²) in [5.74, 6) is -0.282. The Balaban J connectivity index is 2.03. The number of nitriles is 1. The Morgan fingerprint density at radius 2 is 1.97 bits per heavy atom. The minimum atomic E-state index is -0.957. The predicted molar refractivity (Wildman–Crippen MR) is 125 cm³/mol. The van der Waals surface area contributed by atoms with E-state index in [1.807, 2.05) is 58.0 Å². The summed E-state index contributed by atoms with van der Waals surface area (Å²) < 4.78 is 1.57. The third-order valence-corrected chi connectivity index (χ3v) is 6.40. The van der Waals surface area contributed by atoms with Crippen molar-refractivity contribution in [3.8, 4) is 11.8 Å². The van der Waals surface area contributed by atoms with E-state index >= 15 is 0 Å². The molecule has 0 radical (unpaired) electrons. The molecule has 0 fully saturated rings. The first-order valence-corrected chi connectivity index (χ1v) is 11.1. The van der Waals surface area contributed by atoms with Crippen LogP contribution in [0, 0.1) is 31.1 Å². The van der Waals surface area contributed by atoms with Crippen molar-refractivity contribution in [1.29, 1.82) is 5.26 Å². The van der Waals surface area contributed by atoms with E-state index < -0.39 is 5.54 Å². The standard InChI is InChI=1S/C24H26N4O2S/c1-15(2)24(5,14-25)27-21(29)13-31-23-26-19-9-7-6-8-18(19)22(30)28(23)20-11-10-16(3)12-17(20)4/h6-12,15H,13H2,1-5H3,(H,27,29). The van der Waals surface area contributed by atoms with Crippen LogP contribution in [0.4, 0.5) is 0 Å². The van der Waals surface area contributed by atoms with Gasteiger partial charge in [0.1, 0.15) is 5.54 Å². The van der Waals surface area contributed by atoms with Crippen LogP contribution in [0.15, 0.2) is 52.4 Å². The van der Waals surface area contributed by atoms with E-state index in [1.165, 1.54) is 11.8 Å². The molecule has 160 valence electrons. The number of fused-ring (bicyclic) bond motifs is 1. The molecular weight excluding hydrogens is 408 g/mol. The van der Waals surface area contributed by atoms with E-state index in [-0.39, 0.29) is 23.1 Å². The van der Waals surface area contributed by atoms with Crippen LogP contribution in [-0.2, 0) is 4.79 Å². The maximum atomic E-state index is 13.4. The summed E-state index contributed by atoms with van der Waals surface area (Å²) in [7, 11) is 0.